The van der Waals surface area contributed by atoms with Crippen LogP contribution in [0.15, 0.2) is 59.7 Å². The molecule has 0 atom stereocenters. The van der Waals surface area contributed by atoms with Gasteiger partial charge in [0.25, 0.3) is 0 Å². The number of hydrogen-bond donors (Lipinski definition) is 0. The van der Waals surface area contributed by atoms with Gasteiger partial charge in [-0.25, -0.2) is 0 Å². The van der Waals surface area contributed by atoms with Crippen molar-refractivity contribution in [3.8, 4) is 0 Å². The molecule has 0 unspecified atom stereocenters. The molecule has 1 amide bonds. The van der Waals surface area contributed by atoms with Gasteiger partial charge < -0.3 is 4.90 Å². The third kappa shape index (κ3) is 5.01. The monoisotopic (exact) mass is 419 g/mol. The molecule has 27 heavy (non-hydrogen) atoms. The van der Waals surface area contributed by atoms with E-state index in [-0.39, 0.29) is 30.7 Å². The average molecular weight is 421 g/mol. The standard InChI is InChI=1S/C21H16Cl3NO2/c22-11-20(26)25-12-16(9-14-1-5-18(23)6-2-14)21(27)17(13-25)10-15-3-7-19(24)8-4-15/h1-10H,11-13H2/b16-9+,17-10+. The molecular formula is C21H16Cl3NO2. The Morgan fingerprint density at radius 2 is 1.26 bits per heavy atom. The number of Topliss-reactive ketones (excluding diaryl/α,β-unsaturated/α-hetero) is 1. The van der Waals surface area contributed by atoms with Crippen LogP contribution in [0.2, 0.25) is 10.0 Å². The highest BCUT2D eigenvalue weighted by Gasteiger charge is 2.28. The first-order valence-electron chi connectivity index (χ1n) is 8.27. The van der Waals surface area contributed by atoms with E-state index < -0.39 is 0 Å². The Bertz CT molecular complexity index is 848. The maximum atomic E-state index is 13.0. The number of hydrogen-bond acceptors (Lipinski definition) is 2. The van der Waals surface area contributed by atoms with Crippen LogP contribution in [0.4, 0.5) is 0 Å². The number of amides is 1. The molecule has 1 aliphatic rings. The van der Waals surface area contributed by atoms with Crippen molar-refractivity contribution in [2.45, 2.75) is 0 Å². The van der Waals surface area contributed by atoms with Crippen LogP contribution >= 0.6 is 34.8 Å². The van der Waals surface area contributed by atoms with Crippen LogP contribution in [0, 0.1) is 0 Å². The average Bonchev–Trinajstić information content (AvgIpc) is 2.67. The quantitative estimate of drug-likeness (QED) is 0.511. The summed E-state index contributed by atoms with van der Waals surface area (Å²) in [5, 5.41) is 1.24. The van der Waals surface area contributed by atoms with Gasteiger partial charge in [0, 0.05) is 34.3 Å². The van der Waals surface area contributed by atoms with Gasteiger partial charge in [0.15, 0.2) is 5.78 Å². The Balaban J connectivity index is 1.97. The summed E-state index contributed by atoms with van der Waals surface area (Å²) >= 11 is 17.6. The second kappa shape index (κ2) is 8.75. The van der Waals surface area contributed by atoms with Gasteiger partial charge >= 0.3 is 0 Å². The van der Waals surface area contributed by atoms with Crippen molar-refractivity contribution in [3.05, 3.63) is 80.8 Å². The summed E-state index contributed by atoms with van der Waals surface area (Å²) in [6.45, 7) is 0.454. The first kappa shape index (κ1) is 19.7. The van der Waals surface area contributed by atoms with Crippen LogP contribution in [0.25, 0.3) is 12.2 Å². The lowest BCUT2D eigenvalue weighted by molar-refractivity contribution is -0.128. The molecule has 2 aromatic rings. The van der Waals surface area contributed by atoms with Gasteiger partial charge in [0.05, 0.1) is 0 Å². The molecule has 3 rings (SSSR count). The minimum Gasteiger partial charge on any atom is -0.333 e. The molecule has 1 saturated heterocycles. The molecule has 3 nitrogen and oxygen atoms in total. The minimum absolute atomic E-state index is 0.0847. The number of piperidine rings is 1. The smallest absolute Gasteiger partial charge is 0.238 e. The zero-order valence-corrected chi connectivity index (χ0v) is 16.6. The molecule has 2 aromatic carbocycles. The molecule has 1 fully saturated rings. The number of carbonyl (C=O) groups is 2. The molecule has 1 aliphatic heterocycles. The van der Waals surface area contributed by atoms with Crippen molar-refractivity contribution in [3.63, 3.8) is 0 Å². The summed E-state index contributed by atoms with van der Waals surface area (Å²) in [5.74, 6) is -0.428. The third-order valence-electron chi connectivity index (χ3n) is 4.19. The molecule has 0 bridgehead atoms. The number of rotatable bonds is 3. The summed E-state index contributed by atoms with van der Waals surface area (Å²) in [7, 11) is 0. The fourth-order valence-electron chi connectivity index (χ4n) is 2.82. The lowest BCUT2D eigenvalue weighted by atomic mass is 9.94. The van der Waals surface area contributed by atoms with Crippen LogP contribution in [-0.4, -0.2) is 35.6 Å². The molecule has 0 aromatic heterocycles. The third-order valence-corrected chi connectivity index (χ3v) is 4.93. The van der Waals surface area contributed by atoms with Gasteiger partial charge in [0.1, 0.15) is 5.88 Å². The van der Waals surface area contributed by atoms with Crippen molar-refractivity contribution in [2.24, 2.45) is 0 Å². The number of ketones is 1. The van der Waals surface area contributed by atoms with Crippen molar-refractivity contribution >= 4 is 58.6 Å². The summed E-state index contributed by atoms with van der Waals surface area (Å²) < 4.78 is 0. The van der Waals surface area contributed by atoms with Gasteiger partial charge in [-0.1, -0.05) is 47.5 Å². The first-order chi connectivity index (χ1) is 13.0. The first-order valence-corrected chi connectivity index (χ1v) is 9.56. The van der Waals surface area contributed by atoms with Crippen molar-refractivity contribution in [1.29, 1.82) is 0 Å². The number of nitrogens with zero attached hydrogens (tertiary/aromatic N) is 1. The maximum Gasteiger partial charge on any atom is 0.238 e. The van der Waals surface area contributed by atoms with Crippen LogP contribution in [0.1, 0.15) is 11.1 Å². The molecule has 0 spiro atoms. The van der Waals surface area contributed by atoms with Crippen LogP contribution in [-0.2, 0) is 9.59 Å². The zero-order chi connectivity index (χ0) is 19.4. The molecular weight excluding hydrogens is 405 g/mol. The lowest BCUT2D eigenvalue weighted by Gasteiger charge is -2.29. The highest BCUT2D eigenvalue weighted by Crippen LogP contribution is 2.23. The normalized spacial score (nSPS) is 17.6. The van der Waals surface area contributed by atoms with Crippen LogP contribution in [0.3, 0.4) is 0 Å². The van der Waals surface area contributed by atoms with Gasteiger partial charge in [-0.05, 0) is 47.5 Å². The fourth-order valence-corrected chi connectivity index (χ4v) is 3.24. The van der Waals surface area contributed by atoms with E-state index in [1.807, 2.05) is 24.3 Å². The Labute approximate surface area is 172 Å². The van der Waals surface area contributed by atoms with Gasteiger partial charge in [-0.3, -0.25) is 9.59 Å². The van der Waals surface area contributed by atoms with E-state index in [0.29, 0.717) is 21.2 Å². The molecule has 138 valence electrons. The maximum absolute atomic E-state index is 13.0. The van der Waals surface area contributed by atoms with Gasteiger partial charge in [0.2, 0.25) is 5.91 Å². The molecule has 0 aliphatic carbocycles. The van der Waals surface area contributed by atoms with Crippen molar-refractivity contribution in [1.82, 2.24) is 4.90 Å². The van der Waals surface area contributed by atoms with Crippen molar-refractivity contribution in [2.75, 3.05) is 19.0 Å². The Hall–Kier alpha value is -2.07. The largest absolute Gasteiger partial charge is 0.333 e. The lowest BCUT2D eigenvalue weighted by Crippen LogP contribution is -2.42. The predicted octanol–water partition coefficient (Wildman–Crippen LogP) is 5.11. The summed E-state index contributed by atoms with van der Waals surface area (Å²) in [5.41, 5.74) is 2.74. The summed E-state index contributed by atoms with van der Waals surface area (Å²) in [6, 6.07) is 14.3. The molecule has 0 radical (unpaired) electrons. The van der Waals surface area contributed by atoms with Crippen molar-refractivity contribution < 1.29 is 9.59 Å². The second-order valence-corrected chi connectivity index (χ2v) is 7.29. The number of halogens is 3. The van der Waals surface area contributed by atoms with Gasteiger partial charge in [-0.15, -0.1) is 11.6 Å². The van der Waals surface area contributed by atoms with Gasteiger partial charge in [-0.2, -0.15) is 0 Å². The molecule has 0 saturated carbocycles. The van der Waals surface area contributed by atoms with E-state index in [1.165, 1.54) is 0 Å². The van der Waals surface area contributed by atoms with E-state index >= 15 is 0 Å². The number of benzene rings is 2. The number of carbonyl (C=O) groups excluding carboxylic acids is 2. The van der Waals surface area contributed by atoms with E-state index in [9.17, 15) is 9.59 Å². The Morgan fingerprint density at radius 3 is 1.63 bits per heavy atom. The summed E-state index contributed by atoms with van der Waals surface area (Å²) in [4.78, 5) is 26.7. The second-order valence-electron chi connectivity index (χ2n) is 6.15. The zero-order valence-electron chi connectivity index (χ0n) is 14.3. The number of alkyl halides is 1. The van der Waals surface area contributed by atoms with Crippen LogP contribution < -0.4 is 0 Å². The molecule has 6 heteroatoms. The highest BCUT2D eigenvalue weighted by molar-refractivity contribution is 6.31. The topological polar surface area (TPSA) is 37.4 Å². The minimum atomic E-state index is -0.215. The molecule has 1 heterocycles. The molecule has 0 N–H and O–H groups in total. The predicted molar refractivity (Wildman–Crippen MR) is 111 cm³/mol. The highest BCUT2D eigenvalue weighted by atomic mass is 35.5. The van der Waals surface area contributed by atoms with E-state index in [0.717, 1.165) is 11.1 Å². The fraction of sp³-hybridized carbons (Fsp3) is 0.143. The van der Waals surface area contributed by atoms with Crippen LogP contribution in [0.5, 0.6) is 0 Å². The Morgan fingerprint density at radius 1 is 0.852 bits per heavy atom. The number of likely N-dealkylation sites (tertiary alicyclic amines) is 1. The van der Waals surface area contributed by atoms with E-state index in [1.54, 1.807) is 41.3 Å². The van der Waals surface area contributed by atoms with E-state index in [4.69, 9.17) is 34.8 Å². The Kier molecular flexibility index (Phi) is 6.38. The SMILES string of the molecule is O=C1/C(=C/c2ccc(Cl)cc2)CN(C(=O)CCl)C/C1=C\c1ccc(Cl)cc1. The van der Waals surface area contributed by atoms with E-state index in [2.05, 4.69) is 0 Å². The summed E-state index contributed by atoms with van der Waals surface area (Å²) in [6.07, 6.45) is 3.56.